The summed E-state index contributed by atoms with van der Waals surface area (Å²) in [7, 11) is 1.77. The van der Waals surface area contributed by atoms with Crippen molar-refractivity contribution in [3.05, 3.63) is 41.6 Å². The number of nitriles is 1. The third-order valence-electron chi connectivity index (χ3n) is 3.11. The summed E-state index contributed by atoms with van der Waals surface area (Å²) in [6.07, 6.45) is 0. The molecule has 0 unspecified atom stereocenters. The van der Waals surface area contributed by atoms with E-state index >= 15 is 0 Å². The summed E-state index contributed by atoms with van der Waals surface area (Å²) < 4.78 is 0. The Morgan fingerprint density at radius 2 is 1.75 bits per heavy atom. The van der Waals surface area contributed by atoms with Gasteiger partial charge in [0.05, 0.1) is 0 Å². The van der Waals surface area contributed by atoms with E-state index in [4.69, 9.17) is 5.26 Å². The molecule has 0 bridgehead atoms. The smallest absolute Gasteiger partial charge is 0.162 e. The predicted octanol–water partition coefficient (Wildman–Crippen LogP) is 3.35. The van der Waals surface area contributed by atoms with Crippen LogP contribution in [-0.4, -0.2) is 17.0 Å². The third kappa shape index (κ3) is 2.94. The van der Waals surface area contributed by atoms with Gasteiger partial charge in [-0.15, -0.1) is 0 Å². The third-order valence-corrected chi connectivity index (χ3v) is 3.11. The van der Waals surface area contributed by atoms with Crippen molar-refractivity contribution in [2.45, 2.75) is 26.2 Å². The molecule has 4 nitrogen and oxygen atoms in total. The Morgan fingerprint density at radius 3 is 2.25 bits per heavy atom. The van der Waals surface area contributed by atoms with Crippen LogP contribution in [-0.2, 0) is 5.41 Å². The van der Waals surface area contributed by atoms with Gasteiger partial charge in [-0.1, -0.05) is 45.0 Å². The molecule has 2 rings (SSSR count). The zero-order chi connectivity index (χ0) is 14.8. The highest BCUT2D eigenvalue weighted by molar-refractivity contribution is 5.59. The lowest BCUT2D eigenvalue weighted by molar-refractivity contribution is 0.590. The Morgan fingerprint density at radius 1 is 1.10 bits per heavy atom. The molecule has 0 amide bonds. The minimum atomic E-state index is 0.115. The van der Waals surface area contributed by atoms with Gasteiger partial charge in [0, 0.05) is 18.7 Å². The first-order chi connectivity index (χ1) is 9.44. The molecule has 4 heteroatoms. The zero-order valence-electron chi connectivity index (χ0n) is 12.2. The Kier molecular flexibility index (Phi) is 3.71. The first-order valence-corrected chi connectivity index (χ1v) is 6.52. The molecule has 0 aliphatic carbocycles. The van der Waals surface area contributed by atoms with Crippen molar-refractivity contribution >= 4 is 5.82 Å². The molecular weight excluding hydrogens is 248 g/mol. The van der Waals surface area contributed by atoms with Gasteiger partial charge in [0.25, 0.3) is 0 Å². The average molecular weight is 266 g/mol. The summed E-state index contributed by atoms with van der Waals surface area (Å²) >= 11 is 0. The van der Waals surface area contributed by atoms with E-state index in [9.17, 15) is 0 Å². The predicted molar refractivity (Wildman–Crippen MR) is 80.4 cm³/mol. The second-order valence-corrected chi connectivity index (χ2v) is 5.65. The molecule has 1 aromatic carbocycles. The normalized spacial score (nSPS) is 10.9. The van der Waals surface area contributed by atoms with Crippen molar-refractivity contribution < 1.29 is 0 Å². The molecule has 0 atom stereocenters. The molecular formula is C16H18N4. The highest BCUT2D eigenvalue weighted by Gasteiger charge is 2.14. The number of hydrogen-bond acceptors (Lipinski definition) is 4. The number of nitrogens with zero attached hydrogens (tertiary/aromatic N) is 3. The topological polar surface area (TPSA) is 61.6 Å². The second kappa shape index (κ2) is 5.30. The maximum atomic E-state index is 9.01. The van der Waals surface area contributed by atoms with Gasteiger partial charge >= 0.3 is 0 Å². The van der Waals surface area contributed by atoms with E-state index in [1.807, 2.05) is 12.1 Å². The van der Waals surface area contributed by atoms with Gasteiger partial charge in [-0.2, -0.15) is 5.26 Å². The standard InChI is InChI=1S/C16H18N4/c1-16(2,3)12-7-5-11(6-8-12)15-19-13(10-17)9-14(18-4)20-15/h5-9H,1-4H3,(H,18,19,20). The lowest BCUT2D eigenvalue weighted by Gasteiger charge is -2.19. The van der Waals surface area contributed by atoms with E-state index in [1.165, 1.54) is 5.56 Å². The lowest BCUT2D eigenvalue weighted by Crippen LogP contribution is -2.10. The first-order valence-electron chi connectivity index (χ1n) is 6.52. The van der Waals surface area contributed by atoms with Crippen molar-refractivity contribution in [2.24, 2.45) is 0 Å². The molecule has 0 fully saturated rings. The van der Waals surface area contributed by atoms with Crippen LogP contribution in [0.1, 0.15) is 32.0 Å². The Bertz CT molecular complexity index is 646. The molecule has 0 saturated carbocycles. The van der Waals surface area contributed by atoms with Gasteiger partial charge in [0.1, 0.15) is 17.6 Å². The monoisotopic (exact) mass is 266 g/mol. The van der Waals surface area contributed by atoms with Gasteiger partial charge in [-0.3, -0.25) is 0 Å². The zero-order valence-corrected chi connectivity index (χ0v) is 12.2. The number of anilines is 1. The summed E-state index contributed by atoms with van der Waals surface area (Å²) in [5.74, 6) is 1.21. The fourth-order valence-electron chi connectivity index (χ4n) is 1.88. The van der Waals surface area contributed by atoms with Crippen LogP contribution in [0.4, 0.5) is 5.82 Å². The number of rotatable bonds is 2. The molecule has 1 heterocycles. The van der Waals surface area contributed by atoms with Gasteiger partial charge < -0.3 is 5.32 Å². The highest BCUT2D eigenvalue weighted by Crippen LogP contribution is 2.25. The van der Waals surface area contributed by atoms with Crippen molar-refractivity contribution in [1.29, 1.82) is 5.26 Å². The van der Waals surface area contributed by atoms with Crippen molar-refractivity contribution in [1.82, 2.24) is 9.97 Å². The van der Waals surface area contributed by atoms with Crippen LogP contribution in [0.25, 0.3) is 11.4 Å². The van der Waals surface area contributed by atoms with E-state index in [1.54, 1.807) is 13.1 Å². The summed E-state index contributed by atoms with van der Waals surface area (Å²) in [4.78, 5) is 8.64. The van der Waals surface area contributed by atoms with E-state index in [0.29, 0.717) is 17.3 Å². The molecule has 2 aromatic rings. The van der Waals surface area contributed by atoms with E-state index < -0.39 is 0 Å². The summed E-state index contributed by atoms with van der Waals surface area (Å²) in [6, 6.07) is 11.8. The van der Waals surface area contributed by atoms with Crippen LogP contribution in [0.5, 0.6) is 0 Å². The molecule has 0 spiro atoms. The second-order valence-electron chi connectivity index (χ2n) is 5.65. The van der Waals surface area contributed by atoms with E-state index in [0.717, 1.165) is 5.56 Å². The van der Waals surface area contributed by atoms with Crippen molar-refractivity contribution in [3.8, 4) is 17.5 Å². The van der Waals surface area contributed by atoms with Gasteiger partial charge in [-0.25, -0.2) is 9.97 Å². The fraction of sp³-hybridized carbons (Fsp3) is 0.312. The molecule has 0 aliphatic heterocycles. The van der Waals surface area contributed by atoms with Crippen molar-refractivity contribution in [2.75, 3.05) is 12.4 Å². The van der Waals surface area contributed by atoms with Gasteiger partial charge in [0.2, 0.25) is 0 Å². The molecule has 0 aliphatic rings. The van der Waals surface area contributed by atoms with Crippen molar-refractivity contribution in [3.63, 3.8) is 0 Å². The summed E-state index contributed by atoms with van der Waals surface area (Å²) in [5.41, 5.74) is 2.64. The van der Waals surface area contributed by atoms with Crippen LogP contribution >= 0.6 is 0 Å². The van der Waals surface area contributed by atoms with Crippen LogP contribution in [0, 0.1) is 11.3 Å². The van der Waals surface area contributed by atoms with Crippen LogP contribution in [0.2, 0.25) is 0 Å². The number of benzene rings is 1. The molecule has 1 aromatic heterocycles. The summed E-state index contributed by atoms with van der Waals surface area (Å²) in [5, 5.41) is 12.0. The van der Waals surface area contributed by atoms with Crippen LogP contribution < -0.4 is 5.32 Å². The number of aromatic nitrogens is 2. The lowest BCUT2D eigenvalue weighted by atomic mass is 9.87. The number of nitrogens with one attached hydrogen (secondary N) is 1. The van der Waals surface area contributed by atoms with Crippen LogP contribution in [0.15, 0.2) is 30.3 Å². The van der Waals surface area contributed by atoms with E-state index in [-0.39, 0.29) is 5.41 Å². The molecule has 20 heavy (non-hydrogen) atoms. The Balaban J connectivity index is 2.44. The molecule has 102 valence electrons. The maximum absolute atomic E-state index is 9.01. The van der Waals surface area contributed by atoms with Gasteiger partial charge in [0.15, 0.2) is 5.82 Å². The van der Waals surface area contributed by atoms with Gasteiger partial charge in [-0.05, 0) is 11.0 Å². The Labute approximate surface area is 119 Å². The quantitative estimate of drug-likeness (QED) is 0.905. The van der Waals surface area contributed by atoms with Crippen LogP contribution in [0.3, 0.4) is 0 Å². The number of hydrogen-bond donors (Lipinski definition) is 1. The molecule has 0 radical (unpaired) electrons. The Hall–Kier alpha value is -2.41. The minimum absolute atomic E-state index is 0.115. The van der Waals surface area contributed by atoms with E-state index in [2.05, 4.69) is 54.3 Å². The molecule has 0 saturated heterocycles. The SMILES string of the molecule is CNc1cc(C#N)nc(-c2ccc(C(C)(C)C)cc2)n1. The first kappa shape index (κ1) is 14.0. The average Bonchev–Trinajstić information content (AvgIpc) is 2.46. The largest absolute Gasteiger partial charge is 0.373 e. The fourth-order valence-corrected chi connectivity index (χ4v) is 1.88. The minimum Gasteiger partial charge on any atom is -0.373 e. The summed E-state index contributed by atoms with van der Waals surface area (Å²) in [6.45, 7) is 6.52. The molecule has 1 N–H and O–H groups in total. The highest BCUT2D eigenvalue weighted by atomic mass is 15.0. The maximum Gasteiger partial charge on any atom is 0.162 e.